The molecule has 0 aromatic heterocycles. The minimum absolute atomic E-state index is 0.0252. The number of nitrogen functional groups attached to an aromatic ring is 1. The smallest absolute Gasteiger partial charge is 0.225 e. The number of amides is 1. The lowest BCUT2D eigenvalue weighted by atomic mass is 10.2. The zero-order valence-electron chi connectivity index (χ0n) is 12.8. The summed E-state index contributed by atoms with van der Waals surface area (Å²) in [7, 11) is -3.18. The van der Waals surface area contributed by atoms with Crippen molar-refractivity contribution in [1.29, 1.82) is 0 Å². The van der Waals surface area contributed by atoms with Gasteiger partial charge in [-0.1, -0.05) is 20.3 Å². The SMILES string of the molecule is CCC(C)CS(=O)(=O)CCC(=O)Nc1ccc(N)cc1C. The van der Waals surface area contributed by atoms with Crippen LogP contribution in [0.5, 0.6) is 0 Å². The normalized spacial score (nSPS) is 12.9. The first-order valence-corrected chi connectivity index (χ1v) is 8.92. The largest absolute Gasteiger partial charge is 0.399 e. The molecule has 118 valence electrons. The molecule has 6 heteroatoms. The first-order chi connectivity index (χ1) is 9.73. The maximum Gasteiger partial charge on any atom is 0.225 e. The Morgan fingerprint density at radius 2 is 2.05 bits per heavy atom. The summed E-state index contributed by atoms with van der Waals surface area (Å²) in [6, 6.07) is 5.17. The summed E-state index contributed by atoms with van der Waals surface area (Å²) < 4.78 is 23.7. The van der Waals surface area contributed by atoms with Gasteiger partial charge in [0.1, 0.15) is 0 Å². The lowest BCUT2D eigenvalue weighted by Gasteiger charge is -2.11. The highest BCUT2D eigenvalue weighted by Crippen LogP contribution is 2.18. The molecule has 0 bridgehead atoms. The second-order valence-electron chi connectivity index (χ2n) is 5.50. The highest BCUT2D eigenvalue weighted by molar-refractivity contribution is 7.91. The maximum absolute atomic E-state index is 11.9. The Bertz CT molecular complexity index is 597. The number of sulfone groups is 1. The zero-order chi connectivity index (χ0) is 16.0. The van der Waals surface area contributed by atoms with Crippen molar-refractivity contribution in [3.63, 3.8) is 0 Å². The molecule has 0 saturated carbocycles. The van der Waals surface area contributed by atoms with Crippen LogP contribution in [0.2, 0.25) is 0 Å². The van der Waals surface area contributed by atoms with Crippen molar-refractivity contribution in [2.75, 3.05) is 22.6 Å². The molecule has 0 aliphatic rings. The number of aryl methyl sites for hydroxylation is 1. The standard InChI is InChI=1S/C15H24N2O3S/c1-4-11(2)10-21(19,20)8-7-15(18)17-14-6-5-13(16)9-12(14)3/h5-6,9,11H,4,7-8,10,16H2,1-3H3,(H,17,18). The Hall–Kier alpha value is -1.56. The van der Waals surface area contributed by atoms with E-state index in [1.807, 2.05) is 20.8 Å². The molecular formula is C15H24N2O3S. The van der Waals surface area contributed by atoms with Crippen LogP contribution >= 0.6 is 0 Å². The Kier molecular flexibility index (Phi) is 6.20. The summed E-state index contributed by atoms with van der Waals surface area (Å²) in [6.45, 7) is 5.69. The number of nitrogens with two attached hydrogens (primary N) is 1. The second kappa shape index (κ2) is 7.45. The molecular weight excluding hydrogens is 288 g/mol. The fraction of sp³-hybridized carbons (Fsp3) is 0.533. The molecule has 1 amide bonds. The monoisotopic (exact) mass is 312 g/mol. The van der Waals surface area contributed by atoms with Gasteiger partial charge in [-0.25, -0.2) is 8.42 Å². The molecule has 0 heterocycles. The average molecular weight is 312 g/mol. The quantitative estimate of drug-likeness (QED) is 0.756. The van der Waals surface area contributed by atoms with Crippen LogP contribution in [0.15, 0.2) is 18.2 Å². The summed E-state index contributed by atoms with van der Waals surface area (Å²) in [5.41, 5.74) is 7.78. The Morgan fingerprint density at radius 1 is 1.38 bits per heavy atom. The van der Waals surface area contributed by atoms with E-state index in [0.29, 0.717) is 11.4 Å². The summed E-state index contributed by atoms with van der Waals surface area (Å²) in [6.07, 6.45) is 0.790. The minimum atomic E-state index is -3.18. The van der Waals surface area contributed by atoms with Gasteiger partial charge in [0.2, 0.25) is 5.91 Å². The van der Waals surface area contributed by atoms with Crippen LogP contribution < -0.4 is 11.1 Å². The first-order valence-electron chi connectivity index (χ1n) is 7.10. The van der Waals surface area contributed by atoms with E-state index in [2.05, 4.69) is 5.32 Å². The van der Waals surface area contributed by atoms with Crippen molar-refractivity contribution >= 4 is 27.1 Å². The van der Waals surface area contributed by atoms with Crippen LogP contribution in [0.1, 0.15) is 32.3 Å². The van der Waals surface area contributed by atoms with Gasteiger partial charge in [-0.3, -0.25) is 4.79 Å². The molecule has 5 nitrogen and oxygen atoms in total. The first kappa shape index (κ1) is 17.5. The predicted octanol–water partition coefficient (Wildman–Crippen LogP) is 2.37. The van der Waals surface area contributed by atoms with Crippen LogP contribution in [0.4, 0.5) is 11.4 Å². The molecule has 21 heavy (non-hydrogen) atoms. The van der Waals surface area contributed by atoms with Gasteiger partial charge in [0.05, 0.1) is 11.5 Å². The van der Waals surface area contributed by atoms with E-state index in [0.717, 1.165) is 12.0 Å². The van der Waals surface area contributed by atoms with Gasteiger partial charge < -0.3 is 11.1 Å². The van der Waals surface area contributed by atoms with Crippen LogP contribution in [0.25, 0.3) is 0 Å². The Labute approximate surface area is 126 Å². The van der Waals surface area contributed by atoms with E-state index >= 15 is 0 Å². The van der Waals surface area contributed by atoms with Crippen LogP contribution in [0, 0.1) is 12.8 Å². The number of anilines is 2. The second-order valence-corrected chi connectivity index (χ2v) is 7.73. The minimum Gasteiger partial charge on any atom is -0.399 e. The van der Waals surface area contributed by atoms with Gasteiger partial charge in [-0.15, -0.1) is 0 Å². The molecule has 0 spiro atoms. The van der Waals surface area contributed by atoms with E-state index in [9.17, 15) is 13.2 Å². The van der Waals surface area contributed by atoms with Gasteiger partial charge in [0.25, 0.3) is 0 Å². The highest BCUT2D eigenvalue weighted by atomic mass is 32.2. The third-order valence-corrected chi connectivity index (χ3v) is 5.30. The number of benzene rings is 1. The van der Waals surface area contributed by atoms with E-state index in [-0.39, 0.29) is 29.8 Å². The van der Waals surface area contributed by atoms with Gasteiger partial charge in [0, 0.05) is 17.8 Å². The van der Waals surface area contributed by atoms with E-state index in [1.54, 1.807) is 18.2 Å². The van der Waals surface area contributed by atoms with Crippen LogP contribution in [-0.4, -0.2) is 25.8 Å². The van der Waals surface area contributed by atoms with E-state index in [4.69, 9.17) is 5.73 Å². The molecule has 1 atom stereocenters. The summed E-state index contributed by atoms with van der Waals surface area (Å²) in [5, 5.41) is 2.72. The predicted molar refractivity (Wildman–Crippen MR) is 86.9 cm³/mol. The Morgan fingerprint density at radius 3 is 2.62 bits per heavy atom. The number of carbonyl (C=O) groups excluding carboxylic acids is 1. The molecule has 1 rings (SSSR count). The Balaban J connectivity index is 2.54. The van der Waals surface area contributed by atoms with Crippen LogP contribution in [-0.2, 0) is 14.6 Å². The average Bonchev–Trinajstić information content (AvgIpc) is 2.39. The lowest BCUT2D eigenvalue weighted by Crippen LogP contribution is -2.21. The van der Waals surface area contributed by atoms with Crippen molar-refractivity contribution in [2.24, 2.45) is 5.92 Å². The van der Waals surface area contributed by atoms with Crippen molar-refractivity contribution < 1.29 is 13.2 Å². The fourth-order valence-electron chi connectivity index (χ4n) is 1.92. The molecule has 0 aliphatic heterocycles. The van der Waals surface area contributed by atoms with Crippen molar-refractivity contribution in [2.45, 2.75) is 33.6 Å². The molecule has 1 aromatic carbocycles. The molecule has 3 N–H and O–H groups in total. The van der Waals surface area contributed by atoms with Crippen molar-refractivity contribution in [3.8, 4) is 0 Å². The molecule has 1 aromatic rings. The third kappa shape index (κ3) is 6.16. The van der Waals surface area contributed by atoms with E-state index < -0.39 is 9.84 Å². The van der Waals surface area contributed by atoms with Crippen molar-refractivity contribution in [1.82, 2.24) is 0 Å². The molecule has 0 aliphatic carbocycles. The van der Waals surface area contributed by atoms with Gasteiger partial charge in [0.15, 0.2) is 9.84 Å². The molecule has 0 saturated heterocycles. The van der Waals surface area contributed by atoms with E-state index in [1.165, 1.54) is 0 Å². The molecule has 0 radical (unpaired) electrons. The van der Waals surface area contributed by atoms with Crippen molar-refractivity contribution in [3.05, 3.63) is 23.8 Å². The summed E-state index contributed by atoms with van der Waals surface area (Å²) in [5.74, 6) is -0.150. The third-order valence-electron chi connectivity index (χ3n) is 3.40. The van der Waals surface area contributed by atoms with Crippen LogP contribution in [0.3, 0.4) is 0 Å². The highest BCUT2D eigenvalue weighted by Gasteiger charge is 2.17. The number of hydrogen-bond donors (Lipinski definition) is 2. The fourth-order valence-corrected chi connectivity index (χ4v) is 3.69. The van der Waals surface area contributed by atoms with Gasteiger partial charge >= 0.3 is 0 Å². The number of hydrogen-bond acceptors (Lipinski definition) is 4. The number of carbonyl (C=O) groups is 1. The summed E-state index contributed by atoms with van der Waals surface area (Å²) >= 11 is 0. The van der Waals surface area contributed by atoms with Gasteiger partial charge in [-0.05, 0) is 36.6 Å². The molecule has 1 unspecified atom stereocenters. The molecule has 0 fully saturated rings. The number of rotatable bonds is 7. The topological polar surface area (TPSA) is 89.3 Å². The number of nitrogens with one attached hydrogen (secondary N) is 1. The summed E-state index contributed by atoms with van der Waals surface area (Å²) in [4.78, 5) is 11.8. The zero-order valence-corrected chi connectivity index (χ0v) is 13.7. The van der Waals surface area contributed by atoms with Gasteiger partial charge in [-0.2, -0.15) is 0 Å². The maximum atomic E-state index is 11.9. The lowest BCUT2D eigenvalue weighted by molar-refractivity contribution is -0.115.